The van der Waals surface area contributed by atoms with Crippen molar-refractivity contribution >= 4 is 27.2 Å². The Labute approximate surface area is 86.1 Å². The highest BCUT2D eigenvalue weighted by Crippen LogP contribution is 2.28. The quantitative estimate of drug-likeness (QED) is 0.707. The van der Waals surface area contributed by atoms with Crippen LogP contribution in [-0.4, -0.2) is 42.5 Å². The molecular formula is C6H10F2N2O2S2. The fourth-order valence-corrected chi connectivity index (χ4v) is 2.96. The van der Waals surface area contributed by atoms with Crippen molar-refractivity contribution in [2.75, 3.05) is 18.8 Å². The third-order valence-corrected chi connectivity index (χ3v) is 3.95. The summed E-state index contributed by atoms with van der Waals surface area (Å²) in [6.45, 7) is -0.935. The van der Waals surface area contributed by atoms with E-state index in [1.807, 2.05) is 0 Å². The largest absolute Gasteiger partial charge is 0.392 e. The molecule has 0 saturated carbocycles. The van der Waals surface area contributed by atoms with Gasteiger partial charge in [-0.1, -0.05) is 12.2 Å². The summed E-state index contributed by atoms with van der Waals surface area (Å²) < 4.78 is 48.8. The van der Waals surface area contributed by atoms with Gasteiger partial charge >= 0.3 is 0 Å². The number of hydrogen-bond donors (Lipinski definition) is 1. The SMILES string of the molecule is NC(=S)CS(=O)(=O)N1CCC(F)(F)C1. The third kappa shape index (κ3) is 2.82. The first-order chi connectivity index (χ1) is 6.23. The first-order valence-electron chi connectivity index (χ1n) is 3.87. The number of rotatable bonds is 3. The molecule has 14 heavy (non-hydrogen) atoms. The van der Waals surface area contributed by atoms with Crippen molar-refractivity contribution in [3.63, 3.8) is 0 Å². The van der Waals surface area contributed by atoms with Gasteiger partial charge in [0, 0.05) is 13.0 Å². The summed E-state index contributed by atoms with van der Waals surface area (Å²) in [6.07, 6.45) is -0.441. The second-order valence-electron chi connectivity index (χ2n) is 3.16. The lowest BCUT2D eigenvalue weighted by atomic mass is 10.3. The van der Waals surface area contributed by atoms with Crippen LogP contribution < -0.4 is 5.73 Å². The minimum absolute atomic E-state index is 0.169. The second-order valence-corrected chi connectivity index (χ2v) is 5.66. The van der Waals surface area contributed by atoms with E-state index in [0.717, 1.165) is 4.31 Å². The summed E-state index contributed by atoms with van der Waals surface area (Å²) in [5.41, 5.74) is 5.05. The van der Waals surface area contributed by atoms with Crippen LogP contribution >= 0.6 is 12.2 Å². The highest BCUT2D eigenvalue weighted by Gasteiger charge is 2.43. The van der Waals surface area contributed by atoms with Gasteiger partial charge in [-0.25, -0.2) is 17.2 Å². The molecular weight excluding hydrogens is 234 g/mol. The van der Waals surface area contributed by atoms with Crippen molar-refractivity contribution in [3.8, 4) is 0 Å². The fraction of sp³-hybridized carbons (Fsp3) is 0.833. The summed E-state index contributed by atoms with van der Waals surface area (Å²) in [5.74, 6) is -3.47. The summed E-state index contributed by atoms with van der Waals surface area (Å²) in [7, 11) is -3.74. The maximum Gasteiger partial charge on any atom is 0.262 e. The van der Waals surface area contributed by atoms with Crippen LogP contribution in [0.4, 0.5) is 8.78 Å². The predicted octanol–water partition coefficient (Wildman–Crippen LogP) is -0.0567. The molecule has 8 heteroatoms. The first-order valence-corrected chi connectivity index (χ1v) is 5.89. The Hall–Kier alpha value is -0.340. The lowest BCUT2D eigenvalue weighted by Gasteiger charge is -2.15. The zero-order chi connectivity index (χ0) is 11.0. The molecule has 0 radical (unpaired) electrons. The molecule has 0 unspecified atom stereocenters. The van der Waals surface area contributed by atoms with Crippen molar-refractivity contribution in [1.29, 1.82) is 0 Å². The second kappa shape index (κ2) is 3.67. The van der Waals surface area contributed by atoms with Crippen molar-refractivity contribution in [2.45, 2.75) is 12.3 Å². The van der Waals surface area contributed by atoms with E-state index in [4.69, 9.17) is 5.73 Å². The van der Waals surface area contributed by atoms with E-state index in [-0.39, 0.29) is 11.5 Å². The fourth-order valence-electron chi connectivity index (χ4n) is 1.21. The highest BCUT2D eigenvalue weighted by molar-refractivity contribution is 7.92. The van der Waals surface area contributed by atoms with Crippen LogP contribution in [0.5, 0.6) is 0 Å². The number of nitrogens with two attached hydrogens (primary N) is 1. The summed E-state index contributed by atoms with van der Waals surface area (Å²) >= 11 is 4.42. The Morgan fingerprint density at radius 2 is 2.14 bits per heavy atom. The molecule has 0 amide bonds. The maximum absolute atomic E-state index is 12.7. The van der Waals surface area contributed by atoms with Crippen molar-refractivity contribution in [2.24, 2.45) is 5.73 Å². The molecule has 0 atom stereocenters. The molecule has 1 saturated heterocycles. The zero-order valence-electron chi connectivity index (χ0n) is 7.24. The number of alkyl halides is 2. The molecule has 0 aromatic rings. The van der Waals surface area contributed by atoms with Crippen LogP contribution in [0.25, 0.3) is 0 Å². The highest BCUT2D eigenvalue weighted by atomic mass is 32.2. The van der Waals surface area contributed by atoms with E-state index in [0.29, 0.717) is 0 Å². The summed E-state index contributed by atoms with van der Waals surface area (Å²) in [5, 5.41) is 0. The van der Waals surface area contributed by atoms with Gasteiger partial charge < -0.3 is 5.73 Å². The van der Waals surface area contributed by atoms with Crippen molar-refractivity contribution < 1.29 is 17.2 Å². The van der Waals surface area contributed by atoms with Crippen LogP contribution in [0.15, 0.2) is 0 Å². The van der Waals surface area contributed by atoms with Crippen LogP contribution in [0.1, 0.15) is 6.42 Å². The van der Waals surface area contributed by atoms with E-state index < -0.39 is 34.7 Å². The van der Waals surface area contributed by atoms with Crippen LogP contribution in [0.3, 0.4) is 0 Å². The molecule has 0 bridgehead atoms. The molecule has 0 aliphatic carbocycles. The van der Waals surface area contributed by atoms with Gasteiger partial charge in [0.05, 0.1) is 11.5 Å². The number of sulfonamides is 1. The van der Waals surface area contributed by atoms with Gasteiger partial charge in [-0.3, -0.25) is 0 Å². The molecule has 1 aliphatic rings. The first kappa shape index (κ1) is 11.7. The molecule has 2 N–H and O–H groups in total. The van der Waals surface area contributed by atoms with Gasteiger partial charge in [-0.2, -0.15) is 4.31 Å². The molecule has 0 aromatic heterocycles. The standard InChI is InChI=1S/C6H10F2N2O2S2/c7-6(8)1-2-10(4-6)14(11,12)3-5(9)13/h1-4H2,(H2,9,13). The smallest absolute Gasteiger partial charge is 0.262 e. The topological polar surface area (TPSA) is 63.4 Å². The molecule has 82 valence electrons. The molecule has 0 aromatic carbocycles. The third-order valence-electron chi connectivity index (χ3n) is 1.85. The molecule has 0 spiro atoms. The van der Waals surface area contributed by atoms with Gasteiger partial charge in [0.2, 0.25) is 10.0 Å². The number of halogens is 2. The normalized spacial score (nSPS) is 22.4. The Kier molecular flexibility index (Phi) is 3.07. The molecule has 1 heterocycles. The van der Waals surface area contributed by atoms with Crippen molar-refractivity contribution in [3.05, 3.63) is 0 Å². The van der Waals surface area contributed by atoms with Gasteiger partial charge in [0.25, 0.3) is 5.92 Å². The van der Waals surface area contributed by atoms with Crippen LogP contribution in [0.2, 0.25) is 0 Å². The Balaban J connectivity index is 2.72. The van der Waals surface area contributed by atoms with E-state index in [9.17, 15) is 17.2 Å². The van der Waals surface area contributed by atoms with Crippen LogP contribution in [0, 0.1) is 0 Å². The average Bonchev–Trinajstić information content (AvgIpc) is 2.27. The van der Waals surface area contributed by atoms with E-state index in [1.165, 1.54) is 0 Å². The monoisotopic (exact) mass is 244 g/mol. The Bertz CT molecular complexity index is 342. The molecule has 1 fully saturated rings. The lowest BCUT2D eigenvalue weighted by molar-refractivity contribution is 0.0184. The average molecular weight is 244 g/mol. The van der Waals surface area contributed by atoms with E-state index >= 15 is 0 Å². The van der Waals surface area contributed by atoms with Gasteiger partial charge in [0.15, 0.2) is 0 Å². The Morgan fingerprint density at radius 3 is 2.50 bits per heavy atom. The van der Waals surface area contributed by atoms with Gasteiger partial charge in [0.1, 0.15) is 5.75 Å². The van der Waals surface area contributed by atoms with Gasteiger partial charge in [-0.15, -0.1) is 0 Å². The minimum atomic E-state index is -3.74. The molecule has 4 nitrogen and oxygen atoms in total. The summed E-state index contributed by atoms with van der Waals surface area (Å²) in [4.78, 5) is -0.208. The number of thiocarbonyl (C=S) groups is 1. The van der Waals surface area contributed by atoms with Crippen LogP contribution in [-0.2, 0) is 10.0 Å². The lowest BCUT2D eigenvalue weighted by Crippen LogP contribution is -2.36. The molecule has 1 rings (SSSR count). The Morgan fingerprint density at radius 1 is 1.57 bits per heavy atom. The van der Waals surface area contributed by atoms with E-state index in [1.54, 1.807) is 0 Å². The van der Waals surface area contributed by atoms with E-state index in [2.05, 4.69) is 12.2 Å². The molecule has 1 aliphatic heterocycles. The minimum Gasteiger partial charge on any atom is -0.392 e. The zero-order valence-corrected chi connectivity index (χ0v) is 8.87. The van der Waals surface area contributed by atoms with Gasteiger partial charge in [-0.05, 0) is 0 Å². The predicted molar refractivity (Wildman–Crippen MR) is 51.7 cm³/mol. The number of nitrogens with zero attached hydrogens (tertiary/aromatic N) is 1. The number of hydrogen-bond acceptors (Lipinski definition) is 3. The van der Waals surface area contributed by atoms with Crippen molar-refractivity contribution in [1.82, 2.24) is 4.31 Å². The summed E-state index contributed by atoms with van der Waals surface area (Å²) in [6, 6.07) is 0. The maximum atomic E-state index is 12.7.